The highest BCUT2D eigenvalue weighted by Gasteiger charge is 2.30. The second kappa shape index (κ2) is 9.58. The van der Waals surface area contributed by atoms with E-state index in [1.54, 1.807) is 18.3 Å². The summed E-state index contributed by atoms with van der Waals surface area (Å²) in [6.07, 6.45) is -0.509. The third kappa shape index (κ3) is 5.47. The lowest BCUT2D eigenvalue weighted by molar-refractivity contribution is -0.137. The zero-order valence-corrected chi connectivity index (χ0v) is 19.3. The summed E-state index contributed by atoms with van der Waals surface area (Å²) in [5, 5.41) is 2.83. The number of carbonyl (C=O) groups is 1. The lowest BCUT2D eigenvalue weighted by Crippen LogP contribution is -2.19. The minimum atomic E-state index is -4.38. The molecule has 3 aromatic rings. The Labute approximate surface area is 198 Å². The molecule has 166 valence electrons. The van der Waals surface area contributed by atoms with Crippen molar-refractivity contribution in [1.29, 1.82) is 0 Å². The highest BCUT2D eigenvalue weighted by atomic mass is 127. The average molecular weight is 551 g/mol. The van der Waals surface area contributed by atoms with Crippen molar-refractivity contribution in [1.82, 2.24) is 9.88 Å². The van der Waals surface area contributed by atoms with Crippen molar-refractivity contribution in [3.8, 4) is 11.1 Å². The van der Waals surface area contributed by atoms with Crippen LogP contribution in [0.1, 0.15) is 34.3 Å². The maximum absolute atomic E-state index is 12.9. The molecule has 0 unspecified atom stereocenters. The quantitative estimate of drug-likeness (QED) is 0.383. The van der Waals surface area contributed by atoms with Crippen molar-refractivity contribution in [3.63, 3.8) is 0 Å². The van der Waals surface area contributed by atoms with Crippen molar-refractivity contribution in [2.75, 3.05) is 18.4 Å². The minimum absolute atomic E-state index is 0.261. The number of amides is 1. The van der Waals surface area contributed by atoms with E-state index in [1.807, 2.05) is 18.2 Å². The number of halogens is 4. The Bertz CT molecular complexity index is 1090. The van der Waals surface area contributed by atoms with E-state index in [1.165, 1.54) is 12.1 Å². The van der Waals surface area contributed by atoms with Gasteiger partial charge in [0, 0.05) is 27.4 Å². The van der Waals surface area contributed by atoms with Crippen LogP contribution in [0.4, 0.5) is 19.0 Å². The number of nitrogens with zero attached hydrogens (tertiary/aromatic N) is 2. The van der Waals surface area contributed by atoms with E-state index in [0.29, 0.717) is 23.5 Å². The second-order valence-corrected chi connectivity index (χ2v) is 8.99. The van der Waals surface area contributed by atoms with Crippen LogP contribution in [-0.4, -0.2) is 28.9 Å². The van der Waals surface area contributed by atoms with Crippen LogP contribution >= 0.6 is 22.6 Å². The fourth-order valence-electron chi connectivity index (χ4n) is 3.77. The number of pyridine rings is 1. The van der Waals surface area contributed by atoms with Gasteiger partial charge in [0.15, 0.2) is 0 Å². The summed E-state index contributed by atoms with van der Waals surface area (Å²) < 4.78 is 39.9. The fraction of sp³-hybridized carbons (Fsp3) is 0.250. The first-order valence-electron chi connectivity index (χ1n) is 10.3. The zero-order valence-electron chi connectivity index (χ0n) is 17.1. The van der Waals surface area contributed by atoms with Crippen LogP contribution in [0.3, 0.4) is 0 Å². The third-order valence-corrected chi connectivity index (χ3v) is 6.17. The molecule has 0 aliphatic carbocycles. The van der Waals surface area contributed by atoms with Gasteiger partial charge in [-0.05, 0) is 102 Å². The van der Waals surface area contributed by atoms with E-state index < -0.39 is 11.7 Å². The molecular formula is C24H21F3IN3O. The monoisotopic (exact) mass is 551 g/mol. The van der Waals surface area contributed by atoms with Gasteiger partial charge in [-0.25, -0.2) is 4.98 Å². The topological polar surface area (TPSA) is 45.2 Å². The van der Waals surface area contributed by atoms with Gasteiger partial charge in [0.2, 0.25) is 0 Å². The summed E-state index contributed by atoms with van der Waals surface area (Å²) in [6, 6.07) is 14.1. The summed E-state index contributed by atoms with van der Waals surface area (Å²) in [6.45, 7) is 2.59. The molecule has 1 N–H and O–H groups in total. The minimum Gasteiger partial charge on any atom is -0.307 e. The predicted molar refractivity (Wildman–Crippen MR) is 126 cm³/mol. The van der Waals surface area contributed by atoms with Crippen LogP contribution in [0, 0.1) is 3.57 Å². The molecule has 32 heavy (non-hydrogen) atoms. The first-order chi connectivity index (χ1) is 15.3. The molecule has 2 heterocycles. The largest absolute Gasteiger partial charge is 0.416 e. The molecule has 1 fully saturated rings. The Kier molecular flexibility index (Phi) is 6.80. The van der Waals surface area contributed by atoms with Crippen LogP contribution in [0.5, 0.6) is 0 Å². The van der Waals surface area contributed by atoms with Gasteiger partial charge in [-0.1, -0.05) is 12.1 Å². The number of hydrogen-bond acceptors (Lipinski definition) is 3. The highest BCUT2D eigenvalue weighted by Crippen LogP contribution is 2.32. The molecular weight excluding hydrogens is 530 g/mol. The maximum Gasteiger partial charge on any atom is 0.416 e. The van der Waals surface area contributed by atoms with E-state index in [9.17, 15) is 18.0 Å². The van der Waals surface area contributed by atoms with Crippen LogP contribution in [0.2, 0.25) is 0 Å². The molecule has 4 nitrogen and oxygen atoms in total. The van der Waals surface area contributed by atoms with Crippen molar-refractivity contribution in [2.24, 2.45) is 0 Å². The van der Waals surface area contributed by atoms with E-state index >= 15 is 0 Å². The zero-order chi connectivity index (χ0) is 22.7. The molecule has 0 bridgehead atoms. The Balaban J connectivity index is 1.62. The number of alkyl halides is 3. The third-order valence-electron chi connectivity index (χ3n) is 5.45. The summed E-state index contributed by atoms with van der Waals surface area (Å²) in [4.78, 5) is 19.3. The lowest BCUT2D eigenvalue weighted by atomic mass is 10.00. The standard InChI is InChI=1S/C24H21F3IN3O/c25-24(26,27)19-7-3-16(4-8-19)21-14-29-22(13-18(21)15-31-11-1-2-12-31)30-23(32)17-5-9-20(28)10-6-17/h3-10,13-14H,1-2,11-12,15H2,(H,29,30,32). The molecule has 1 saturated heterocycles. The maximum atomic E-state index is 12.9. The number of likely N-dealkylation sites (tertiary alicyclic amines) is 1. The predicted octanol–water partition coefficient (Wildman–Crippen LogP) is 6.22. The van der Waals surface area contributed by atoms with E-state index in [0.717, 1.165) is 52.8 Å². The molecule has 0 spiro atoms. The SMILES string of the molecule is O=C(Nc1cc(CN2CCCC2)c(-c2ccc(C(F)(F)F)cc2)cn1)c1ccc(I)cc1. The molecule has 1 amide bonds. The summed E-state index contributed by atoms with van der Waals surface area (Å²) >= 11 is 2.18. The van der Waals surface area contributed by atoms with Crippen molar-refractivity contribution >= 4 is 34.3 Å². The second-order valence-electron chi connectivity index (χ2n) is 7.75. The first-order valence-corrected chi connectivity index (χ1v) is 11.3. The van der Waals surface area contributed by atoms with Gasteiger partial charge in [0.25, 0.3) is 5.91 Å². The fourth-order valence-corrected chi connectivity index (χ4v) is 4.13. The number of hydrogen-bond donors (Lipinski definition) is 1. The molecule has 1 aliphatic heterocycles. The van der Waals surface area contributed by atoms with Crippen LogP contribution in [0.25, 0.3) is 11.1 Å². The number of anilines is 1. The van der Waals surface area contributed by atoms with Gasteiger partial charge >= 0.3 is 6.18 Å². The molecule has 0 radical (unpaired) electrons. The number of carbonyl (C=O) groups excluding carboxylic acids is 1. The number of benzene rings is 2. The Morgan fingerprint density at radius 3 is 2.31 bits per heavy atom. The van der Waals surface area contributed by atoms with Gasteiger partial charge in [0.05, 0.1) is 5.56 Å². The van der Waals surface area contributed by atoms with Crippen LogP contribution in [0.15, 0.2) is 60.8 Å². The van der Waals surface area contributed by atoms with Gasteiger partial charge in [-0.2, -0.15) is 13.2 Å². The Hall–Kier alpha value is -2.46. The normalized spacial score (nSPS) is 14.5. The van der Waals surface area contributed by atoms with E-state index in [-0.39, 0.29) is 5.91 Å². The molecule has 0 atom stereocenters. The van der Waals surface area contributed by atoms with Gasteiger partial charge in [0.1, 0.15) is 5.82 Å². The Morgan fingerprint density at radius 1 is 1.03 bits per heavy atom. The number of nitrogens with one attached hydrogen (secondary N) is 1. The molecule has 4 rings (SSSR count). The van der Waals surface area contributed by atoms with E-state index in [4.69, 9.17) is 0 Å². The summed E-state index contributed by atoms with van der Waals surface area (Å²) in [5.41, 5.74) is 2.18. The number of aromatic nitrogens is 1. The van der Waals surface area contributed by atoms with Crippen LogP contribution < -0.4 is 5.32 Å². The highest BCUT2D eigenvalue weighted by molar-refractivity contribution is 14.1. The Morgan fingerprint density at radius 2 is 1.69 bits per heavy atom. The van der Waals surface area contributed by atoms with Gasteiger partial charge in [-0.3, -0.25) is 9.69 Å². The average Bonchev–Trinajstić information content (AvgIpc) is 3.27. The summed E-state index contributed by atoms with van der Waals surface area (Å²) in [7, 11) is 0. The van der Waals surface area contributed by atoms with E-state index in [2.05, 4.69) is 37.8 Å². The number of rotatable bonds is 5. The molecule has 2 aromatic carbocycles. The molecule has 0 saturated carbocycles. The molecule has 8 heteroatoms. The summed E-state index contributed by atoms with van der Waals surface area (Å²) in [5.74, 6) is 0.154. The first kappa shape index (κ1) is 22.7. The van der Waals surface area contributed by atoms with Crippen LogP contribution in [-0.2, 0) is 12.7 Å². The molecule has 1 aromatic heterocycles. The van der Waals surface area contributed by atoms with Gasteiger partial charge in [-0.15, -0.1) is 0 Å². The van der Waals surface area contributed by atoms with Crippen molar-refractivity contribution < 1.29 is 18.0 Å². The lowest BCUT2D eigenvalue weighted by Gasteiger charge is -2.19. The van der Waals surface area contributed by atoms with Crippen molar-refractivity contribution in [3.05, 3.63) is 81.1 Å². The van der Waals surface area contributed by atoms with Crippen molar-refractivity contribution in [2.45, 2.75) is 25.6 Å². The smallest absolute Gasteiger partial charge is 0.307 e. The van der Waals surface area contributed by atoms with Gasteiger partial charge < -0.3 is 5.32 Å². The molecule has 1 aliphatic rings.